The van der Waals surface area contributed by atoms with E-state index in [0.717, 1.165) is 25.0 Å². The number of nitrogens with one attached hydrogen (secondary N) is 1. The van der Waals surface area contributed by atoms with Gasteiger partial charge in [0.2, 0.25) is 5.91 Å². The highest BCUT2D eigenvalue weighted by Crippen LogP contribution is 2.18. The normalized spacial score (nSPS) is 13.7. The molecule has 1 atom stereocenters. The molecule has 3 nitrogen and oxygen atoms in total. The van der Waals surface area contributed by atoms with Crippen molar-refractivity contribution < 1.29 is 4.79 Å². The van der Waals surface area contributed by atoms with E-state index >= 15 is 0 Å². The van der Waals surface area contributed by atoms with Gasteiger partial charge in [-0.2, -0.15) is 0 Å². The van der Waals surface area contributed by atoms with Crippen molar-refractivity contribution >= 4 is 23.0 Å². The van der Waals surface area contributed by atoms with Gasteiger partial charge in [-0.25, -0.2) is 0 Å². The summed E-state index contributed by atoms with van der Waals surface area (Å²) < 4.78 is 0. The first-order chi connectivity index (χ1) is 9.56. The van der Waals surface area contributed by atoms with E-state index in [0.29, 0.717) is 0 Å². The average molecular weight is 292 g/mol. The molecule has 0 aliphatic rings. The maximum atomic E-state index is 11.3. The summed E-state index contributed by atoms with van der Waals surface area (Å²) >= 11 is 1.77. The molecule has 1 aromatic heterocycles. The molecular formula is C16H24N2OS. The fraction of sp³-hybridized carbons (Fsp3) is 0.500. The van der Waals surface area contributed by atoms with Crippen molar-refractivity contribution in [1.82, 2.24) is 5.32 Å². The third-order valence-corrected chi connectivity index (χ3v) is 4.27. The smallest absolute Gasteiger partial charge is 0.218 e. The van der Waals surface area contributed by atoms with Gasteiger partial charge in [-0.05, 0) is 45.2 Å². The summed E-state index contributed by atoms with van der Waals surface area (Å²) in [6.07, 6.45) is 6.77. The molecule has 1 N–H and O–H groups in total. The van der Waals surface area contributed by atoms with Crippen LogP contribution in [0.5, 0.6) is 0 Å². The SMILES string of the molecule is C/C=C\CCC(/N=C(\C)c1ccc(CC)s1)NC(C)=O. The number of allylic oxidation sites excluding steroid dienone is 2. The van der Waals surface area contributed by atoms with Crippen LogP contribution in [0.3, 0.4) is 0 Å². The van der Waals surface area contributed by atoms with Crippen LogP contribution in [0.1, 0.15) is 50.3 Å². The van der Waals surface area contributed by atoms with Gasteiger partial charge in [-0.1, -0.05) is 19.1 Å². The van der Waals surface area contributed by atoms with Crippen molar-refractivity contribution in [2.45, 2.75) is 53.1 Å². The third kappa shape index (κ3) is 5.70. The number of thiophene rings is 1. The molecule has 0 aliphatic carbocycles. The second-order valence-corrected chi connectivity index (χ2v) is 5.87. The van der Waals surface area contributed by atoms with E-state index in [1.807, 2.05) is 19.9 Å². The van der Waals surface area contributed by atoms with Crippen molar-refractivity contribution in [1.29, 1.82) is 0 Å². The van der Waals surface area contributed by atoms with E-state index in [1.165, 1.54) is 16.7 Å². The van der Waals surface area contributed by atoms with E-state index in [-0.39, 0.29) is 12.1 Å². The van der Waals surface area contributed by atoms with Crippen LogP contribution in [0.4, 0.5) is 0 Å². The number of nitrogens with zero attached hydrogens (tertiary/aromatic N) is 1. The Morgan fingerprint density at radius 1 is 1.45 bits per heavy atom. The molecule has 0 fully saturated rings. The zero-order valence-electron chi connectivity index (χ0n) is 12.8. The molecule has 1 aromatic rings. The number of aliphatic imine (C=N–C) groups is 1. The number of amides is 1. The summed E-state index contributed by atoms with van der Waals surface area (Å²) in [5.41, 5.74) is 0.994. The quantitative estimate of drug-likeness (QED) is 0.600. The summed E-state index contributed by atoms with van der Waals surface area (Å²) in [5, 5.41) is 2.90. The maximum absolute atomic E-state index is 11.3. The lowest BCUT2D eigenvalue weighted by Crippen LogP contribution is -2.32. The average Bonchev–Trinajstić information content (AvgIpc) is 2.87. The minimum atomic E-state index is -0.143. The lowest BCUT2D eigenvalue weighted by atomic mass is 10.2. The standard InChI is InChI=1S/C16H24N2OS/c1-5-7-8-9-16(18-13(4)19)17-12(3)15-11-10-14(6-2)20-15/h5,7,10-11,16H,6,8-9H2,1-4H3,(H,18,19)/b7-5-,17-12+. The van der Waals surface area contributed by atoms with Crippen molar-refractivity contribution in [3.8, 4) is 0 Å². The van der Waals surface area contributed by atoms with Crippen molar-refractivity contribution in [2.75, 3.05) is 0 Å². The zero-order chi connectivity index (χ0) is 15.0. The van der Waals surface area contributed by atoms with Gasteiger partial charge in [0.05, 0.1) is 5.71 Å². The summed E-state index contributed by atoms with van der Waals surface area (Å²) in [6.45, 7) is 7.70. The Morgan fingerprint density at radius 3 is 2.75 bits per heavy atom. The molecule has 1 unspecified atom stereocenters. The Bertz CT molecular complexity index is 488. The third-order valence-electron chi connectivity index (χ3n) is 2.93. The molecule has 0 bridgehead atoms. The number of hydrogen-bond acceptors (Lipinski definition) is 3. The van der Waals surface area contributed by atoms with Crippen molar-refractivity contribution in [3.05, 3.63) is 34.0 Å². The number of hydrogen-bond donors (Lipinski definition) is 1. The fourth-order valence-corrected chi connectivity index (χ4v) is 2.78. The molecule has 1 rings (SSSR count). The Hall–Kier alpha value is -1.42. The first-order valence-electron chi connectivity index (χ1n) is 7.08. The lowest BCUT2D eigenvalue weighted by Gasteiger charge is -2.13. The highest BCUT2D eigenvalue weighted by atomic mass is 32.1. The molecule has 0 saturated carbocycles. The van der Waals surface area contributed by atoms with Crippen LogP contribution in [0.2, 0.25) is 0 Å². The number of carbonyl (C=O) groups excluding carboxylic acids is 1. The zero-order valence-corrected chi connectivity index (χ0v) is 13.6. The minimum absolute atomic E-state index is 0.0348. The van der Waals surface area contributed by atoms with Crippen LogP contribution >= 0.6 is 11.3 Å². The molecule has 0 aliphatic heterocycles. The highest BCUT2D eigenvalue weighted by Gasteiger charge is 2.09. The van der Waals surface area contributed by atoms with E-state index in [1.54, 1.807) is 11.3 Å². The van der Waals surface area contributed by atoms with E-state index in [2.05, 4.69) is 35.4 Å². The lowest BCUT2D eigenvalue weighted by molar-refractivity contribution is -0.119. The van der Waals surface area contributed by atoms with Gasteiger partial charge in [0.25, 0.3) is 0 Å². The Balaban J connectivity index is 2.78. The van der Waals surface area contributed by atoms with E-state index in [9.17, 15) is 4.79 Å². The molecule has 4 heteroatoms. The van der Waals surface area contributed by atoms with Gasteiger partial charge in [-0.3, -0.25) is 9.79 Å². The van der Waals surface area contributed by atoms with Crippen molar-refractivity contribution in [2.24, 2.45) is 4.99 Å². The van der Waals surface area contributed by atoms with Gasteiger partial charge in [0, 0.05) is 16.7 Å². The van der Waals surface area contributed by atoms with Crippen LogP contribution < -0.4 is 5.32 Å². The van der Waals surface area contributed by atoms with Crippen LogP contribution in [0.15, 0.2) is 29.3 Å². The first-order valence-corrected chi connectivity index (χ1v) is 7.90. The molecule has 1 heterocycles. The molecule has 0 saturated heterocycles. The largest absolute Gasteiger partial charge is 0.335 e. The number of rotatable bonds is 7. The van der Waals surface area contributed by atoms with Crippen LogP contribution in [0.25, 0.3) is 0 Å². The summed E-state index contributed by atoms with van der Waals surface area (Å²) in [7, 11) is 0. The Morgan fingerprint density at radius 2 is 2.20 bits per heavy atom. The second-order valence-electron chi connectivity index (χ2n) is 4.70. The molecule has 0 spiro atoms. The molecule has 1 amide bonds. The first kappa shape index (κ1) is 16.6. The predicted octanol–water partition coefficient (Wildman–Crippen LogP) is 3.94. The molecule has 0 aromatic carbocycles. The number of carbonyl (C=O) groups is 1. The fourth-order valence-electron chi connectivity index (χ4n) is 1.88. The Labute approximate surface area is 125 Å². The summed E-state index contributed by atoms with van der Waals surface area (Å²) in [6, 6.07) is 4.26. The van der Waals surface area contributed by atoms with Gasteiger partial charge in [0.15, 0.2) is 0 Å². The van der Waals surface area contributed by atoms with Gasteiger partial charge in [0.1, 0.15) is 6.17 Å². The molecule has 20 heavy (non-hydrogen) atoms. The summed E-state index contributed by atoms with van der Waals surface area (Å²) in [4.78, 5) is 18.5. The maximum Gasteiger partial charge on any atom is 0.218 e. The van der Waals surface area contributed by atoms with Crippen LogP contribution in [-0.4, -0.2) is 17.8 Å². The van der Waals surface area contributed by atoms with Crippen LogP contribution in [0, 0.1) is 0 Å². The van der Waals surface area contributed by atoms with Gasteiger partial charge >= 0.3 is 0 Å². The predicted molar refractivity (Wildman–Crippen MR) is 87.6 cm³/mol. The number of aryl methyl sites for hydroxylation is 1. The minimum Gasteiger partial charge on any atom is -0.335 e. The van der Waals surface area contributed by atoms with Gasteiger partial charge < -0.3 is 5.32 Å². The molecular weight excluding hydrogens is 268 g/mol. The molecule has 110 valence electrons. The monoisotopic (exact) mass is 292 g/mol. The molecule has 0 radical (unpaired) electrons. The summed E-state index contributed by atoms with van der Waals surface area (Å²) in [5.74, 6) is -0.0348. The van der Waals surface area contributed by atoms with Crippen LogP contribution in [-0.2, 0) is 11.2 Å². The topological polar surface area (TPSA) is 41.5 Å². The van der Waals surface area contributed by atoms with E-state index in [4.69, 9.17) is 0 Å². The van der Waals surface area contributed by atoms with Crippen molar-refractivity contribution in [3.63, 3.8) is 0 Å². The van der Waals surface area contributed by atoms with E-state index < -0.39 is 0 Å². The second kappa shape index (κ2) is 8.69. The Kier molecular flexibility index (Phi) is 7.23. The highest BCUT2D eigenvalue weighted by molar-refractivity contribution is 7.14. The van der Waals surface area contributed by atoms with Gasteiger partial charge in [-0.15, -0.1) is 11.3 Å².